The van der Waals surface area contributed by atoms with Crippen molar-refractivity contribution in [1.29, 1.82) is 5.26 Å². The van der Waals surface area contributed by atoms with Crippen LogP contribution in [0.25, 0.3) is 0 Å². The molecule has 3 rings (SSSR count). The van der Waals surface area contributed by atoms with Crippen LogP contribution < -0.4 is 10.1 Å². The lowest BCUT2D eigenvalue weighted by Gasteiger charge is -2.24. The summed E-state index contributed by atoms with van der Waals surface area (Å²) in [5.74, 6) is 1.36. The average Bonchev–Trinajstić information content (AvgIpc) is 2.90. The van der Waals surface area contributed by atoms with E-state index >= 15 is 0 Å². The number of hydrogen-bond acceptors (Lipinski definition) is 6. The molecule has 132 valence electrons. The molecule has 1 saturated carbocycles. The summed E-state index contributed by atoms with van der Waals surface area (Å²) in [6.45, 7) is 6.09. The standard InChI is InChI=1S/C17H21ClN6O/c1-11-14(8-24(23-11)17(2,3)10-19)21-16-20-7-13(18)15(22-16)25-9-12-5-4-6-12/h7-8,12H,4-6,9H2,1-3H3,(H,20,21,22). The van der Waals surface area contributed by atoms with Gasteiger partial charge in [-0.05, 0) is 39.5 Å². The van der Waals surface area contributed by atoms with Crippen LogP contribution in [0.2, 0.25) is 5.02 Å². The lowest BCUT2D eigenvalue weighted by atomic mass is 9.86. The van der Waals surface area contributed by atoms with Crippen molar-refractivity contribution in [3.8, 4) is 11.9 Å². The van der Waals surface area contributed by atoms with Crippen molar-refractivity contribution in [3.05, 3.63) is 23.1 Å². The summed E-state index contributed by atoms with van der Waals surface area (Å²) < 4.78 is 7.36. The van der Waals surface area contributed by atoms with Gasteiger partial charge in [-0.1, -0.05) is 18.0 Å². The molecule has 1 aliphatic rings. The quantitative estimate of drug-likeness (QED) is 0.842. The van der Waals surface area contributed by atoms with E-state index in [-0.39, 0.29) is 0 Å². The summed E-state index contributed by atoms with van der Waals surface area (Å²) in [5.41, 5.74) is 0.747. The van der Waals surface area contributed by atoms with E-state index < -0.39 is 5.54 Å². The molecule has 0 radical (unpaired) electrons. The van der Waals surface area contributed by atoms with E-state index in [0.29, 0.717) is 29.4 Å². The molecule has 0 aliphatic heterocycles. The van der Waals surface area contributed by atoms with Crippen molar-refractivity contribution in [2.75, 3.05) is 11.9 Å². The minimum Gasteiger partial charge on any atom is -0.476 e. The first kappa shape index (κ1) is 17.5. The van der Waals surface area contributed by atoms with Gasteiger partial charge in [0.05, 0.1) is 36.5 Å². The second-order valence-electron chi connectivity index (χ2n) is 6.82. The van der Waals surface area contributed by atoms with Crippen molar-refractivity contribution < 1.29 is 4.74 Å². The number of nitriles is 1. The monoisotopic (exact) mass is 360 g/mol. The highest BCUT2D eigenvalue weighted by atomic mass is 35.5. The maximum absolute atomic E-state index is 9.25. The van der Waals surface area contributed by atoms with E-state index in [1.54, 1.807) is 24.7 Å². The Bertz CT molecular complexity index is 806. The minimum atomic E-state index is -0.734. The number of hydrogen-bond donors (Lipinski definition) is 1. The minimum absolute atomic E-state index is 0.380. The predicted octanol–water partition coefficient (Wildman–Crippen LogP) is 3.82. The van der Waals surface area contributed by atoms with Gasteiger partial charge in [0.1, 0.15) is 10.6 Å². The molecule has 7 nitrogen and oxygen atoms in total. The highest BCUT2D eigenvalue weighted by molar-refractivity contribution is 6.31. The summed E-state index contributed by atoms with van der Waals surface area (Å²) in [4.78, 5) is 8.54. The summed E-state index contributed by atoms with van der Waals surface area (Å²) in [5, 5.41) is 17.1. The molecule has 2 aromatic heterocycles. The molecule has 0 spiro atoms. The van der Waals surface area contributed by atoms with Gasteiger partial charge in [0, 0.05) is 0 Å². The second-order valence-corrected chi connectivity index (χ2v) is 7.23. The molecular weight excluding hydrogens is 340 g/mol. The molecule has 1 aliphatic carbocycles. The Morgan fingerprint density at radius 2 is 2.24 bits per heavy atom. The van der Waals surface area contributed by atoms with Crippen LogP contribution in [0.3, 0.4) is 0 Å². The Morgan fingerprint density at radius 3 is 2.88 bits per heavy atom. The Hall–Kier alpha value is -2.33. The van der Waals surface area contributed by atoms with E-state index in [9.17, 15) is 5.26 Å². The van der Waals surface area contributed by atoms with Crippen LogP contribution >= 0.6 is 11.6 Å². The predicted molar refractivity (Wildman–Crippen MR) is 95.1 cm³/mol. The summed E-state index contributed by atoms with van der Waals surface area (Å²) in [7, 11) is 0. The van der Waals surface area contributed by atoms with Crippen LogP contribution in [0.1, 0.15) is 38.8 Å². The van der Waals surface area contributed by atoms with Crippen molar-refractivity contribution >= 4 is 23.2 Å². The summed E-state index contributed by atoms with van der Waals surface area (Å²) in [6, 6.07) is 2.22. The zero-order valence-electron chi connectivity index (χ0n) is 14.6. The fraction of sp³-hybridized carbons (Fsp3) is 0.529. The van der Waals surface area contributed by atoms with E-state index in [1.165, 1.54) is 25.5 Å². The third kappa shape index (κ3) is 3.85. The second kappa shape index (κ2) is 6.89. The lowest BCUT2D eigenvalue weighted by molar-refractivity contribution is 0.176. The van der Waals surface area contributed by atoms with Gasteiger partial charge in [0.25, 0.3) is 0 Å². The van der Waals surface area contributed by atoms with E-state index in [0.717, 1.165) is 11.4 Å². The highest BCUT2D eigenvalue weighted by Gasteiger charge is 2.22. The number of rotatable bonds is 6. The van der Waals surface area contributed by atoms with E-state index in [1.807, 2.05) is 6.92 Å². The molecule has 0 bridgehead atoms. The van der Waals surface area contributed by atoms with Crippen molar-refractivity contribution in [2.24, 2.45) is 5.92 Å². The first-order valence-electron chi connectivity index (χ1n) is 8.29. The fourth-order valence-corrected chi connectivity index (χ4v) is 2.56. The van der Waals surface area contributed by atoms with Gasteiger partial charge in [0.15, 0.2) is 0 Å². The number of anilines is 2. The van der Waals surface area contributed by atoms with E-state index in [4.69, 9.17) is 16.3 Å². The SMILES string of the molecule is Cc1nn(C(C)(C)C#N)cc1Nc1ncc(Cl)c(OCC2CCC2)n1. The van der Waals surface area contributed by atoms with Crippen molar-refractivity contribution in [1.82, 2.24) is 19.7 Å². The molecule has 8 heteroatoms. The Morgan fingerprint density at radius 1 is 1.48 bits per heavy atom. The number of ether oxygens (including phenoxy) is 1. The molecule has 0 unspecified atom stereocenters. The molecule has 0 amide bonds. The Balaban J connectivity index is 1.75. The zero-order chi connectivity index (χ0) is 18.0. The summed E-state index contributed by atoms with van der Waals surface area (Å²) in [6.07, 6.45) is 6.94. The molecule has 0 aromatic carbocycles. The van der Waals surface area contributed by atoms with E-state index in [2.05, 4.69) is 26.5 Å². The molecule has 2 aromatic rings. The largest absolute Gasteiger partial charge is 0.476 e. The fourth-order valence-electron chi connectivity index (χ4n) is 2.41. The van der Waals surface area contributed by atoms with Crippen LogP contribution in [0, 0.1) is 24.2 Å². The molecule has 1 fully saturated rings. The van der Waals surface area contributed by atoms with Gasteiger partial charge in [-0.2, -0.15) is 15.3 Å². The van der Waals surface area contributed by atoms with Gasteiger partial charge in [-0.15, -0.1) is 0 Å². The molecule has 25 heavy (non-hydrogen) atoms. The van der Waals surface area contributed by atoms with Crippen molar-refractivity contribution in [2.45, 2.75) is 45.6 Å². The van der Waals surface area contributed by atoms with Crippen LogP contribution in [0.15, 0.2) is 12.4 Å². The van der Waals surface area contributed by atoms with Crippen LogP contribution in [-0.4, -0.2) is 26.4 Å². The molecule has 0 saturated heterocycles. The number of halogens is 1. The van der Waals surface area contributed by atoms with Crippen LogP contribution in [-0.2, 0) is 5.54 Å². The first-order valence-corrected chi connectivity index (χ1v) is 8.67. The van der Waals surface area contributed by atoms with Crippen LogP contribution in [0.5, 0.6) is 5.88 Å². The van der Waals surface area contributed by atoms with Crippen molar-refractivity contribution in [3.63, 3.8) is 0 Å². The normalized spacial score (nSPS) is 14.7. The van der Waals surface area contributed by atoms with Gasteiger partial charge >= 0.3 is 0 Å². The first-order chi connectivity index (χ1) is 11.9. The number of nitrogens with zero attached hydrogens (tertiary/aromatic N) is 5. The van der Waals surface area contributed by atoms with Gasteiger partial charge < -0.3 is 10.1 Å². The van der Waals surface area contributed by atoms with Gasteiger partial charge in [-0.3, -0.25) is 4.68 Å². The summed E-state index contributed by atoms with van der Waals surface area (Å²) >= 11 is 6.13. The van der Waals surface area contributed by atoms with Gasteiger partial charge in [-0.25, -0.2) is 4.98 Å². The number of aryl methyl sites for hydroxylation is 1. The maximum Gasteiger partial charge on any atom is 0.237 e. The smallest absolute Gasteiger partial charge is 0.237 e. The average molecular weight is 361 g/mol. The molecule has 0 atom stereocenters. The lowest BCUT2D eigenvalue weighted by Crippen LogP contribution is -2.24. The molecule has 2 heterocycles. The van der Waals surface area contributed by atoms with Crippen LogP contribution in [0.4, 0.5) is 11.6 Å². The third-order valence-corrected chi connectivity index (χ3v) is 4.64. The number of aromatic nitrogens is 4. The maximum atomic E-state index is 9.25. The third-order valence-electron chi connectivity index (χ3n) is 4.38. The molecular formula is C17H21ClN6O. The van der Waals surface area contributed by atoms with Gasteiger partial charge in [0.2, 0.25) is 11.8 Å². The highest BCUT2D eigenvalue weighted by Crippen LogP contribution is 2.29. The number of nitrogens with one attached hydrogen (secondary N) is 1. The topological polar surface area (TPSA) is 88.7 Å². The Labute approximate surface area is 152 Å². The Kier molecular flexibility index (Phi) is 4.82. The zero-order valence-corrected chi connectivity index (χ0v) is 15.3. The molecule has 1 N–H and O–H groups in total.